The van der Waals surface area contributed by atoms with Crippen LogP contribution in [0.4, 0.5) is 5.69 Å². The number of rotatable bonds is 8. The smallest absolute Gasteiger partial charge is 0.248 e. The fourth-order valence-electron chi connectivity index (χ4n) is 4.61. The normalized spacial score (nSPS) is 14.6. The Labute approximate surface area is 219 Å². The average Bonchev–Trinajstić information content (AvgIpc) is 2.94. The van der Waals surface area contributed by atoms with Crippen molar-refractivity contribution < 1.29 is 9.84 Å². The van der Waals surface area contributed by atoms with E-state index in [4.69, 9.17) is 4.74 Å². The highest BCUT2D eigenvalue weighted by Gasteiger charge is 2.20. The van der Waals surface area contributed by atoms with Gasteiger partial charge in [-0.25, -0.2) is 0 Å². The lowest BCUT2D eigenvalue weighted by Gasteiger charge is -2.37. The van der Waals surface area contributed by atoms with Crippen LogP contribution in [0.15, 0.2) is 89.7 Å². The summed E-state index contributed by atoms with van der Waals surface area (Å²) in [4.78, 5) is 18.9. The van der Waals surface area contributed by atoms with Crippen molar-refractivity contribution in [2.45, 2.75) is 26.4 Å². The number of piperazine rings is 1. The van der Waals surface area contributed by atoms with Crippen LogP contribution >= 0.6 is 0 Å². The Morgan fingerprint density at radius 1 is 0.865 bits per heavy atom. The molecule has 0 saturated carbocycles. The molecule has 6 nitrogen and oxygen atoms in total. The molecule has 6 heteroatoms. The first-order chi connectivity index (χ1) is 18.1. The van der Waals surface area contributed by atoms with Crippen LogP contribution in [-0.4, -0.2) is 60.4 Å². The van der Waals surface area contributed by atoms with Gasteiger partial charge >= 0.3 is 0 Å². The van der Waals surface area contributed by atoms with Gasteiger partial charge in [0, 0.05) is 55.4 Å². The molecule has 1 fully saturated rings. The van der Waals surface area contributed by atoms with Crippen LogP contribution in [0.25, 0.3) is 10.9 Å². The number of H-pyrrole nitrogens is 1. The Kier molecular flexibility index (Phi) is 9.35. The minimum atomic E-state index is -0.565. The van der Waals surface area contributed by atoms with Crippen molar-refractivity contribution in [1.82, 2.24) is 9.88 Å². The maximum absolute atomic E-state index is 11.4. The highest BCUT2D eigenvalue weighted by Crippen LogP contribution is 2.20. The second kappa shape index (κ2) is 13.1. The molecule has 3 aromatic carbocycles. The number of pyridine rings is 1. The summed E-state index contributed by atoms with van der Waals surface area (Å²) in [6, 6.07) is 28.2. The molecule has 1 aliphatic rings. The van der Waals surface area contributed by atoms with Gasteiger partial charge in [-0.1, -0.05) is 56.3 Å². The first-order valence-corrected chi connectivity index (χ1v) is 13.2. The minimum Gasteiger partial charge on any atom is -0.491 e. The molecule has 0 unspecified atom stereocenters. The lowest BCUT2D eigenvalue weighted by Crippen LogP contribution is -2.49. The van der Waals surface area contributed by atoms with Gasteiger partial charge in [-0.05, 0) is 53.9 Å². The van der Waals surface area contributed by atoms with E-state index in [1.807, 2.05) is 38.1 Å². The van der Waals surface area contributed by atoms with E-state index in [0.29, 0.717) is 12.3 Å². The maximum atomic E-state index is 11.4. The predicted molar refractivity (Wildman–Crippen MR) is 152 cm³/mol. The maximum Gasteiger partial charge on any atom is 0.248 e. The largest absolute Gasteiger partial charge is 0.491 e. The number of aliphatic hydroxyl groups is 1. The SMILES string of the molecule is CC.O=c1ccc2cc(OC[C@@H](O)CN3CCN(c4ccc(Cc5ccccc5)cc4)CC3)ccc2[nH]1. The van der Waals surface area contributed by atoms with Crippen molar-refractivity contribution in [2.24, 2.45) is 0 Å². The topological polar surface area (TPSA) is 68.8 Å². The summed E-state index contributed by atoms with van der Waals surface area (Å²) in [5, 5.41) is 11.4. The Morgan fingerprint density at radius 3 is 2.30 bits per heavy atom. The van der Waals surface area contributed by atoms with Gasteiger partial charge in [0.1, 0.15) is 18.5 Å². The summed E-state index contributed by atoms with van der Waals surface area (Å²) < 4.78 is 5.81. The molecule has 2 N–H and O–H groups in total. The zero-order valence-corrected chi connectivity index (χ0v) is 21.8. The molecule has 1 saturated heterocycles. The van der Waals surface area contributed by atoms with E-state index >= 15 is 0 Å². The number of fused-ring (bicyclic) bond motifs is 1. The van der Waals surface area contributed by atoms with Crippen LogP contribution in [0.5, 0.6) is 5.75 Å². The summed E-state index contributed by atoms with van der Waals surface area (Å²) in [6.07, 6.45) is 0.387. The number of ether oxygens (including phenoxy) is 1. The van der Waals surface area contributed by atoms with E-state index in [9.17, 15) is 9.90 Å². The van der Waals surface area contributed by atoms with Crippen molar-refractivity contribution in [2.75, 3.05) is 44.2 Å². The Bertz CT molecular complexity index is 1300. The first-order valence-electron chi connectivity index (χ1n) is 13.2. The second-order valence-corrected chi connectivity index (χ2v) is 9.15. The molecule has 1 atom stereocenters. The molecular formula is C31H37N3O3. The van der Waals surface area contributed by atoms with E-state index in [-0.39, 0.29) is 12.2 Å². The zero-order valence-electron chi connectivity index (χ0n) is 21.8. The van der Waals surface area contributed by atoms with E-state index in [2.05, 4.69) is 63.3 Å². The van der Waals surface area contributed by atoms with Gasteiger partial charge in [0.05, 0.1) is 0 Å². The van der Waals surface area contributed by atoms with Gasteiger partial charge in [0.2, 0.25) is 5.56 Å². The number of anilines is 1. The molecule has 194 valence electrons. The van der Waals surface area contributed by atoms with E-state index in [0.717, 1.165) is 43.5 Å². The van der Waals surface area contributed by atoms with Crippen LogP contribution in [0.2, 0.25) is 0 Å². The minimum absolute atomic E-state index is 0.123. The number of hydrogen-bond donors (Lipinski definition) is 2. The van der Waals surface area contributed by atoms with E-state index in [1.54, 1.807) is 6.07 Å². The molecule has 0 spiro atoms. The van der Waals surface area contributed by atoms with Gasteiger partial charge < -0.3 is 19.7 Å². The summed E-state index contributed by atoms with van der Waals surface area (Å²) in [6.45, 7) is 8.52. The number of aliphatic hydroxyl groups excluding tert-OH is 1. The molecule has 4 aromatic rings. The standard InChI is InChI=1S/C29H31N3O3.C2H6/c33-26(21-35-27-11-12-28-24(19-27)8-13-29(34)30-28)20-31-14-16-32(17-15-31)25-9-6-23(7-10-25)18-22-4-2-1-3-5-22;1-2/h1-13,19,26,33H,14-18,20-21H2,(H,30,34);1-2H3/t26-;/m0./s1. The molecule has 0 aliphatic carbocycles. The first kappa shape index (κ1) is 26.5. The van der Waals surface area contributed by atoms with Crippen LogP contribution in [0.3, 0.4) is 0 Å². The Morgan fingerprint density at radius 2 is 1.57 bits per heavy atom. The summed E-state index contributed by atoms with van der Waals surface area (Å²) in [5.41, 5.74) is 4.55. The Hall–Kier alpha value is -3.61. The fourth-order valence-corrected chi connectivity index (χ4v) is 4.61. The zero-order chi connectivity index (χ0) is 26.0. The molecule has 1 aliphatic heterocycles. The third kappa shape index (κ3) is 7.44. The van der Waals surface area contributed by atoms with Crippen LogP contribution < -0.4 is 15.2 Å². The van der Waals surface area contributed by atoms with Crippen molar-refractivity contribution in [1.29, 1.82) is 0 Å². The van der Waals surface area contributed by atoms with Crippen LogP contribution in [-0.2, 0) is 6.42 Å². The molecule has 0 bridgehead atoms. The van der Waals surface area contributed by atoms with Crippen LogP contribution in [0.1, 0.15) is 25.0 Å². The molecule has 5 rings (SSSR count). The second-order valence-electron chi connectivity index (χ2n) is 9.15. The molecule has 2 heterocycles. The monoisotopic (exact) mass is 499 g/mol. The summed E-state index contributed by atoms with van der Waals surface area (Å²) in [7, 11) is 0. The summed E-state index contributed by atoms with van der Waals surface area (Å²) >= 11 is 0. The van der Waals surface area contributed by atoms with Gasteiger partial charge in [0.25, 0.3) is 0 Å². The van der Waals surface area contributed by atoms with Gasteiger partial charge in [-0.15, -0.1) is 0 Å². The Balaban J connectivity index is 0.00000156. The molecule has 0 amide bonds. The van der Waals surface area contributed by atoms with Crippen molar-refractivity contribution in [3.05, 3.63) is 106 Å². The number of nitrogens with one attached hydrogen (secondary N) is 1. The average molecular weight is 500 g/mol. The number of aromatic amines is 1. The third-order valence-electron chi connectivity index (χ3n) is 6.53. The van der Waals surface area contributed by atoms with Gasteiger partial charge in [-0.3, -0.25) is 9.69 Å². The third-order valence-corrected chi connectivity index (χ3v) is 6.53. The molecule has 1 aromatic heterocycles. The number of aromatic nitrogens is 1. The number of nitrogens with zero attached hydrogens (tertiary/aromatic N) is 2. The lowest BCUT2D eigenvalue weighted by molar-refractivity contribution is 0.0663. The molecule has 0 radical (unpaired) electrons. The number of β-amino-alcohol motifs (C(OH)–C–C–N with tert-alkyl or cyclic N) is 1. The highest BCUT2D eigenvalue weighted by atomic mass is 16.5. The highest BCUT2D eigenvalue weighted by molar-refractivity contribution is 5.79. The van der Waals surface area contributed by atoms with Gasteiger partial charge in [-0.2, -0.15) is 0 Å². The van der Waals surface area contributed by atoms with E-state index < -0.39 is 6.10 Å². The van der Waals surface area contributed by atoms with E-state index in [1.165, 1.54) is 22.9 Å². The number of benzene rings is 3. The van der Waals surface area contributed by atoms with Gasteiger partial charge in [0.15, 0.2) is 0 Å². The molecule has 37 heavy (non-hydrogen) atoms. The van der Waals surface area contributed by atoms with Crippen molar-refractivity contribution >= 4 is 16.6 Å². The van der Waals surface area contributed by atoms with Crippen molar-refractivity contribution in [3.8, 4) is 5.75 Å². The molecular weight excluding hydrogens is 462 g/mol. The fraction of sp³-hybridized carbons (Fsp3) is 0.323. The van der Waals surface area contributed by atoms with Crippen molar-refractivity contribution in [3.63, 3.8) is 0 Å². The number of hydrogen-bond acceptors (Lipinski definition) is 5. The predicted octanol–water partition coefficient (Wildman–Crippen LogP) is 4.71. The summed E-state index contributed by atoms with van der Waals surface area (Å²) in [5.74, 6) is 0.684. The quantitative estimate of drug-likeness (QED) is 0.368. The van der Waals surface area contributed by atoms with Crippen LogP contribution in [0, 0.1) is 0 Å². The lowest BCUT2D eigenvalue weighted by atomic mass is 10.0.